The van der Waals surface area contributed by atoms with Gasteiger partial charge in [0.2, 0.25) is 0 Å². The molecular formula is C17H27BrN4OS. The summed E-state index contributed by atoms with van der Waals surface area (Å²) in [4.78, 5) is 11.1. The molecule has 2 atom stereocenters. The topological polar surface area (TPSA) is 64.1 Å². The fourth-order valence-corrected chi connectivity index (χ4v) is 5.06. The summed E-state index contributed by atoms with van der Waals surface area (Å²) in [6, 6.07) is 0.371. The van der Waals surface area contributed by atoms with E-state index in [0.717, 1.165) is 42.8 Å². The van der Waals surface area contributed by atoms with Gasteiger partial charge < -0.3 is 9.45 Å². The van der Waals surface area contributed by atoms with E-state index >= 15 is 0 Å². The SMILES string of the molecule is CC(C)(C)[S+]([O-])N[C@@H]1CCCC12CCN(c1cnc(Br)cn1)CC2. The number of aromatic nitrogens is 2. The summed E-state index contributed by atoms with van der Waals surface area (Å²) in [5.41, 5.74) is 0.292. The van der Waals surface area contributed by atoms with Crippen molar-refractivity contribution < 1.29 is 4.55 Å². The monoisotopic (exact) mass is 414 g/mol. The molecule has 7 heteroatoms. The van der Waals surface area contributed by atoms with E-state index in [-0.39, 0.29) is 4.75 Å². The van der Waals surface area contributed by atoms with Gasteiger partial charge in [0.1, 0.15) is 15.2 Å². The van der Waals surface area contributed by atoms with E-state index in [1.165, 1.54) is 12.8 Å². The van der Waals surface area contributed by atoms with E-state index in [0.29, 0.717) is 11.5 Å². The van der Waals surface area contributed by atoms with Crippen LogP contribution in [0, 0.1) is 5.41 Å². The van der Waals surface area contributed by atoms with Gasteiger partial charge in [0, 0.05) is 24.5 Å². The molecule has 0 aromatic carbocycles. The molecule has 1 spiro atoms. The summed E-state index contributed by atoms with van der Waals surface area (Å²) in [6.07, 6.45) is 9.46. The second-order valence-corrected chi connectivity index (χ2v) is 10.8. The molecule has 1 saturated heterocycles. The molecule has 2 heterocycles. The van der Waals surface area contributed by atoms with Crippen molar-refractivity contribution >= 4 is 33.1 Å². The summed E-state index contributed by atoms with van der Waals surface area (Å²) in [6.45, 7) is 8.10. The van der Waals surface area contributed by atoms with Crippen LogP contribution in [0.15, 0.2) is 17.0 Å². The van der Waals surface area contributed by atoms with Crippen LogP contribution in [0.3, 0.4) is 0 Å². The molecule has 0 bridgehead atoms. The van der Waals surface area contributed by atoms with Crippen molar-refractivity contribution in [1.29, 1.82) is 0 Å². The summed E-state index contributed by atoms with van der Waals surface area (Å²) in [5, 5.41) is 0. The molecule has 134 valence electrons. The van der Waals surface area contributed by atoms with Crippen LogP contribution in [0.5, 0.6) is 0 Å². The summed E-state index contributed by atoms with van der Waals surface area (Å²) in [5.74, 6) is 0.953. The molecule has 1 aliphatic carbocycles. The predicted octanol–water partition coefficient (Wildman–Crippen LogP) is 3.43. The first-order chi connectivity index (χ1) is 11.3. The second-order valence-electron chi connectivity index (χ2n) is 7.99. The fourth-order valence-electron chi connectivity index (χ4n) is 3.88. The van der Waals surface area contributed by atoms with Gasteiger partial charge in [0.05, 0.1) is 18.4 Å². The zero-order valence-electron chi connectivity index (χ0n) is 14.7. The first-order valence-electron chi connectivity index (χ1n) is 8.71. The van der Waals surface area contributed by atoms with Gasteiger partial charge in [0.15, 0.2) is 0 Å². The van der Waals surface area contributed by atoms with Crippen LogP contribution in [0.4, 0.5) is 5.82 Å². The third-order valence-corrected chi connectivity index (χ3v) is 7.42. The standard InChI is InChI=1S/C17H27BrN4OS/c1-16(2,3)24(23)21-13-5-4-6-17(13)7-9-22(10-8-17)15-12-19-14(18)11-20-15/h11-13,21H,4-10H2,1-3H3/t13-,24?/m1/s1. The first kappa shape index (κ1) is 18.4. The maximum atomic E-state index is 12.5. The molecule has 5 nitrogen and oxygen atoms in total. The van der Waals surface area contributed by atoms with E-state index < -0.39 is 11.4 Å². The van der Waals surface area contributed by atoms with Crippen LogP contribution in [0.1, 0.15) is 52.9 Å². The summed E-state index contributed by atoms with van der Waals surface area (Å²) < 4.78 is 16.5. The maximum Gasteiger partial charge on any atom is 0.147 e. The van der Waals surface area contributed by atoms with Gasteiger partial charge in [-0.3, -0.25) is 0 Å². The normalized spacial score (nSPS) is 25.2. The van der Waals surface area contributed by atoms with E-state index in [1.54, 1.807) is 6.20 Å². The molecule has 0 amide bonds. The minimum absolute atomic E-state index is 0.211. The molecule has 1 unspecified atom stereocenters. The number of piperidine rings is 1. The lowest BCUT2D eigenvalue weighted by Crippen LogP contribution is -2.53. The Kier molecular flexibility index (Phi) is 5.45. The van der Waals surface area contributed by atoms with Crippen molar-refractivity contribution in [2.45, 2.75) is 63.7 Å². The molecule has 2 aliphatic rings. The zero-order valence-corrected chi connectivity index (χ0v) is 17.1. The number of nitrogens with one attached hydrogen (secondary N) is 1. The quantitative estimate of drug-likeness (QED) is 0.767. The van der Waals surface area contributed by atoms with E-state index in [9.17, 15) is 4.55 Å². The first-order valence-corrected chi connectivity index (χ1v) is 10.7. The van der Waals surface area contributed by atoms with E-state index in [2.05, 4.69) is 35.5 Å². The van der Waals surface area contributed by atoms with Gasteiger partial charge >= 0.3 is 0 Å². The molecule has 1 aromatic heterocycles. The highest BCUT2D eigenvalue weighted by atomic mass is 79.9. The van der Waals surface area contributed by atoms with Crippen molar-refractivity contribution in [2.75, 3.05) is 18.0 Å². The van der Waals surface area contributed by atoms with Gasteiger partial charge in [-0.2, -0.15) is 0 Å². The average Bonchev–Trinajstić information content (AvgIpc) is 2.90. The van der Waals surface area contributed by atoms with Crippen molar-refractivity contribution in [1.82, 2.24) is 14.7 Å². The molecule has 24 heavy (non-hydrogen) atoms. The minimum Gasteiger partial charge on any atom is -0.598 e. The van der Waals surface area contributed by atoms with Gasteiger partial charge in [0.25, 0.3) is 0 Å². The van der Waals surface area contributed by atoms with Crippen LogP contribution in [0.25, 0.3) is 0 Å². The van der Waals surface area contributed by atoms with Crippen LogP contribution in [-0.2, 0) is 11.4 Å². The minimum atomic E-state index is -0.993. The summed E-state index contributed by atoms with van der Waals surface area (Å²) in [7, 11) is 0. The number of hydrogen-bond acceptors (Lipinski definition) is 5. The van der Waals surface area contributed by atoms with Gasteiger partial charge in [-0.25, -0.2) is 9.97 Å². The Labute approximate surface area is 156 Å². The highest BCUT2D eigenvalue weighted by Gasteiger charge is 2.47. The smallest absolute Gasteiger partial charge is 0.147 e. The Balaban J connectivity index is 1.64. The molecule has 3 rings (SSSR count). The predicted molar refractivity (Wildman–Crippen MR) is 102 cm³/mol. The summed E-state index contributed by atoms with van der Waals surface area (Å²) >= 11 is 2.34. The van der Waals surface area contributed by atoms with Crippen LogP contribution < -0.4 is 9.62 Å². The highest BCUT2D eigenvalue weighted by molar-refractivity contribution is 9.10. The Morgan fingerprint density at radius 3 is 2.54 bits per heavy atom. The number of hydrogen-bond donors (Lipinski definition) is 1. The molecule has 1 aliphatic heterocycles. The molecule has 1 aromatic rings. The van der Waals surface area contributed by atoms with Crippen molar-refractivity contribution in [3.8, 4) is 0 Å². The van der Waals surface area contributed by atoms with E-state index in [4.69, 9.17) is 0 Å². The van der Waals surface area contributed by atoms with Gasteiger partial charge in [-0.05, 0) is 67.8 Å². The lowest BCUT2D eigenvalue weighted by atomic mass is 9.74. The Hall–Kier alpha value is -0.370. The molecule has 2 fully saturated rings. The number of anilines is 1. The van der Waals surface area contributed by atoms with Crippen LogP contribution in [0.2, 0.25) is 0 Å². The molecule has 1 N–H and O–H groups in total. The molecule has 1 saturated carbocycles. The zero-order chi connectivity index (χ0) is 17.4. The van der Waals surface area contributed by atoms with Gasteiger partial charge in [-0.1, -0.05) is 6.42 Å². The van der Waals surface area contributed by atoms with Crippen LogP contribution in [-0.4, -0.2) is 38.4 Å². The third kappa shape index (κ3) is 3.89. The second kappa shape index (κ2) is 7.09. The lowest BCUT2D eigenvalue weighted by molar-refractivity contribution is 0.186. The fraction of sp³-hybridized carbons (Fsp3) is 0.765. The van der Waals surface area contributed by atoms with Crippen LogP contribution >= 0.6 is 15.9 Å². The maximum absolute atomic E-state index is 12.5. The number of nitrogens with zero attached hydrogens (tertiary/aromatic N) is 3. The molecule has 0 radical (unpaired) electrons. The Bertz CT molecular complexity index is 555. The Morgan fingerprint density at radius 2 is 1.96 bits per heavy atom. The van der Waals surface area contributed by atoms with Crippen molar-refractivity contribution in [3.05, 3.63) is 17.0 Å². The van der Waals surface area contributed by atoms with E-state index in [1.807, 2.05) is 27.0 Å². The largest absolute Gasteiger partial charge is 0.598 e. The van der Waals surface area contributed by atoms with Crippen molar-refractivity contribution in [3.63, 3.8) is 0 Å². The highest BCUT2D eigenvalue weighted by Crippen LogP contribution is 2.47. The number of halogens is 1. The average molecular weight is 415 g/mol. The number of rotatable bonds is 3. The molecular weight excluding hydrogens is 388 g/mol. The lowest BCUT2D eigenvalue weighted by Gasteiger charge is -2.44. The Morgan fingerprint density at radius 1 is 1.25 bits per heavy atom. The van der Waals surface area contributed by atoms with Crippen molar-refractivity contribution in [2.24, 2.45) is 5.41 Å². The van der Waals surface area contributed by atoms with Gasteiger partial charge in [-0.15, -0.1) is 4.72 Å². The third-order valence-electron chi connectivity index (χ3n) is 5.40.